The molecule has 2 saturated heterocycles. The van der Waals surface area contributed by atoms with Crippen LogP contribution in [0.4, 0.5) is 0 Å². The number of carbonyl (C=O) groups excluding carboxylic acids is 2. The second-order valence-electron chi connectivity index (χ2n) is 11.1. The topological polar surface area (TPSA) is 99.5 Å². The Bertz CT molecular complexity index is 565. The molecule has 2 amide bonds. The second kappa shape index (κ2) is 7.01. The summed E-state index contributed by atoms with van der Waals surface area (Å²) < 4.78 is 0. The minimum absolute atomic E-state index is 0.0537. The molecular weight excluding hydrogens is 342 g/mol. The first-order chi connectivity index (χ1) is 12.0. The van der Waals surface area contributed by atoms with Crippen LogP contribution in [0.25, 0.3) is 0 Å². The van der Waals surface area contributed by atoms with Crippen molar-refractivity contribution in [3.8, 4) is 0 Å². The highest BCUT2D eigenvalue weighted by atomic mass is 16.2. The number of nitrogens with two attached hydrogens (primary N) is 1. The van der Waals surface area contributed by atoms with E-state index in [1.165, 1.54) is 0 Å². The van der Waals surface area contributed by atoms with Gasteiger partial charge in [0, 0.05) is 28.2 Å². The van der Waals surface area contributed by atoms with E-state index in [1.54, 1.807) is 0 Å². The third-order valence-electron chi connectivity index (χ3n) is 5.52. The van der Waals surface area contributed by atoms with Crippen molar-refractivity contribution in [3.63, 3.8) is 0 Å². The summed E-state index contributed by atoms with van der Waals surface area (Å²) in [7, 11) is 0. The Kier molecular flexibility index (Phi) is 5.74. The van der Waals surface area contributed by atoms with E-state index in [0.717, 1.165) is 17.9 Å². The maximum atomic E-state index is 12.7. The smallest absolute Gasteiger partial charge is 0.326 e. The molecule has 0 spiro atoms. The van der Waals surface area contributed by atoms with E-state index >= 15 is 0 Å². The average Bonchev–Trinajstić information content (AvgIpc) is 2.38. The molecule has 0 bridgehead atoms. The lowest BCUT2D eigenvalue weighted by Crippen LogP contribution is -2.66. The predicted octanol–water partition coefficient (Wildman–Crippen LogP) is 1.42. The van der Waals surface area contributed by atoms with E-state index in [2.05, 4.69) is 71.3 Å². The number of amides is 2. The molecule has 156 valence electrons. The second-order valence-corrected chi connectivity index (χ2v) is 11.1. The summed E-state index contributed by atoms with van der Waals surface area (Å²) in [6, 6.07) is -0.225. The van der Waals surface area contributed by atoms with Crippen molar-refractivity contribution in [1.82, 2.24) is 21.0 Å². The van der Waals surface area contributed by atoms with Gasteiger partial charge in [-0.2, -0.15) is 0 Å². The van der Waals surface area contributed by atoms with E-state index in [4.69, 9.17) is 5.84 Å². The SMILES string of the molecule is CC1(C)CC(NC(=O)C(=O)N(N)C2CC(C)(C)NC(C)(C)C2)CC(C)(C)N1. The van der Waals surface area contributed by atoms with Crippen molar-refractivity contribution in [2.24, 2.45) is 5.84 Å². The van der Waals surface area contributed by atoms with Crippen molar-refractivity contribution in [2.75, 3.05) is 0 Å². The molecule has 2 fully saturated rings. The highest BCUT2D eigenvalue weighted by Gasteiger charge is 2.43. The molecule has 0 aromatic carbocycles. The predicted molar refractivity (Wildman–Crippen MR) is 108 cm³/mol. The maximum absolute atomic E-state index is 12.7. The molecule has 0 aromatic heterocycles. The fourth-order valence-corrected chi connectivity index (χ4v) is 5.42. The zero-order chi connectivity index (χ0) is 20.8. The van der Waals surface area contributed by atoms with Gasteiger partial charge in [-0.15, -0.1) is 0 Å². The molecule has 27 heavy (non-hydrogen) atoms. The molecule has 0 atom stereocenters. The molecule has 5 N–H and O–H groups in total. The first-order valence-corrected chi connectivity index (χ1v) is 9.98. The van der Waals surface area contributed by atoms with Gasteiger partial charge in [-0.05, 0) is 81.1 Å². The summed E-state index contributed by atoms with van der Waals surface area (Å²) in [5.74, 6) is 4.87. The summed E-state index contributed by atoms with van der Waals surface area (Å²) in [5, 5.41) is 11.2. The largest absolute Gasteiger partial charge is 0.345 e. The number of hydrazine groups is 1. The van der Waals surface area contributed by atoms with Crippen molar-refractivity contribution in [3.05, 3.63) is 0 Å². The minimum atomic E-state index is -0.650. The van der Waals surface area contributed by atoms with E-state index < -0.39 is 11.8 Å². The fraction of sp³-hybridized carbons (Fsp3) is 0.900. The van der Waals surface area contributed by atoms with Gasteiger partial charge >= 0.3 is 11.8 Å². The zero-order valence-corrected chi connectivity index (χ0v) is 18.3. The van der Waals surface area contributed by atoms with Gasteiger partial charge < -0.3 is 16.0 Å². The number of nitrogens with one attached hydrogen (secondary N) is 3. The van der Waals surface area contributed by atoms with Gasteiger partial charge in [0.05, 0.1) is 6.04 Å². The van der Waals surface area contributed by atoms with E-state index in [-0.39, 0.29) is 34.2 Å². The lowest BCUT2D eigenvalue weighted by Gasteiger charge is -2.48. The number of carbonyl (C=O) groups is 2. The monoisotopic (exact) mass is 381 g/mol. The number of rotatable bonds is 2. The molecule has 0 unspecified atom stereocenters. The fourth-order valence-electron chi connectivity index (χ4n) is 5.42. The molecule has 0 saturated carbocycles. The molecule has 0 radical (unpaired) electrons. The highest BCUT2D eigenvalue weighted by molar-refractivity contribution is 6.35. The van der Waals surface area contributed by atoms with Crippen molar-refractivity contribution in [2.45, 2.75) is 115 Å². The molecule has 0 aromatic rings. The molecule has 0 aliphatic carbocycles. The van der Waals surface area contributed by atoms with Crippen LogP contribution in [-0.2, 0) is 9.59 Å². The summed E-state index contributed by atoms with van der Waals surface area (Å²) in [4.78, 5) is 25.3. The van der Waals surface area contributed by atoms with Crippen LogP contribution < -0.4 is 21.8 Å². The summed E-state index contributed by atoms with van der Waals surface area (Å²) in [5.41, 5.74) is -0.504. The van der Waals surface area contributed by atoms with Crippen LogP contribution >= 0.6 is 0 Å². The molecule has 2 rings (SSSR count). The first kappa shape index (κ1) is 22.1. The third-order valence-corrected chi connectivity index (χ3v) is 5.52. The number of nitrogens with zero attached hydrogens (tertiary/aromatic N) is 1. The first-order valence-electron chi connectivity index (χ1n) is 9.98. The van der Waals surface area contributed by atoms with Gasteiger partial charge in [-0.25, -0.2) is 5.84 Å². The molecule has 2 heterocycles. The summed E-state index contributed by atoms with van der Waals surface area (Å²) in [6.45, 7) is 16.8. The molecule has 7 nitrogen and oxygen atoms in total. The Labute approximate surface area is 164 Å². The summed E-state index contributed by atoms with van der Waals surface area (Å²) in [6.07, 6.45) is 2.96. The van der Waals surface area contributed by atoms with Gasteiger partial charge in [0.1, 0.15) is 0 Å². The van der Waals surface area contributed by atoms with Crippen LogP contribution in [0.15, 0.2) is 0 Å². The Hall–Kier alpha value is -1.18. The maximum Gasteiger partial charge on any atom is 0.326 e. The molecule has 2 aliphatic rings. The normalized spacial score (nSPS) is 27.0. The van der Waals surface area contributed by atoms with Crippen molar-refractivity contribution >= 4 is 11.8 Å². The van der Waals surface area contributed by atoms with Crippen LogP contribution in [0.5, 0.6) is 0 Å². The minimum Gasteiger partial charge on any atom is -0.345 e. The quantitative estimate of drug-likeness (QED) is 0.251. The van der Waals surface area contributed by atoms with Gasteiger partial charge in [0.2, 0.25) is 0 Å². The van der Waals surface area contributed by atoms with E-state index in [9.17, 15) is 9.59 Å². The van der Waals surface area contributed by atoms with Gasteiger partial charge in [-0.3, -0.25) is 14.6 Å². The van der Waals surface area contributed by atoms with E-state index in [1.807, 2.05) is 0 Å². The van der Waals surface area contributed by atoms with E-state index in [0.29, 0.717) is 12.8 Å². The Morgan fingerprint density at radius 2 is 1.19 bits per heavy atom. The number of hydrogen-bond donors (Lipinski definition) is 4. The Balaban J connectivity index is 2.03. The van der Waals surface area contributed by atoms with Gasteiger partial charge in [0.25, 0.3) is 0 Å². The number of hydrogen-bond acceptors (Lipinski definition) is 5. The van der Waals surface area contributed by atoms with Crippen LogP contribution in [0.3, 0.4) is 0 Å². The molecule has 2 aliphatic heterocycles. The highest BCUT2D eigenvalue weighted by Crippen LogP contribution is 2.31. The van der Waals surface area contributed by atoms with Gasteiger partial charge in [0.15, 0.2) is 0 Å². The zero-order valence-electron chi connectivity index (χ0n) is 18.3. The molecular formula is C20H39N5O2. The lowest BCUT2D eigenvalue weighted by atomic mass is 9.79. The van der Waals surface area contributed by atoms with Crippen LogP contribution in [0.1, 0.15) is 81.1 Å². The lowest BCUT2D eigenvalue weighted by molar-refractivity contribution is -0.149. The number of piperidine rings is 2. The van der Waals surface area contributed by atoms with Crippen LogP contribution in [-0.4, -0.2) is 51.1 Å². The summed E-state index contributed by atoms with van der Waals surface area (Å²) >= 11 is 0. The Morgan fingerprint density at radius 1 is 0.815 bits per heavy atom. The van der Waals surface area contributed by atoms with Crippen molar-refractivity contribution in [1.29, 1.82) is 0 Å². The Morgan fingerprint density at radius 3 is 1.59 bits per heavy atom. The molecule has 7 heteroatoms. The van der Waals surface area contributed by atoms with Gasteiger partial charge in [-0.1, -0.05) is 0 Å². The van der Waals surface area contributed by atoms with Crippen LogP contribution in [0, 0.1) is 0 Å². The third kappa shape index (κ3) is 5.90. The average molecular weight is 382 g/mol. The van der Waals surface area contributed by atoms with Crippen LogP contribution in [0.2, 0.25) is 0 Å². The standard InChI is InChI=1S/C20H39N5O2/c1-17(2)9-13(10-18(3,4)23-17)22-15(26)16(27)25(21)14-11-19(5,6)24-20(7,8)12-14/h13-14,23-24H,9-12,21H2,1-8H3,(H,22,26). The van der Waals surface area contributed by atoms with Crippen molar-refractivity contribution < 1.29 is 9.59 Å².